The van der Waals surface area contributed by atoms with E-state index in [-0.39, 0.29) is 5.56 Å². The first-order chi connectivity index (χ1) is 10.1. The smallest absolute Gasteiger partial charge is 0.408 e. The number of amides is 1. The monoisotopic (exact) mass is 309 g/mol. The van der Waals surface area contributed by atoms with Crippen LogP contribution in [-0.2, 0) is 14.3 Å². The molecule has 2 N–H and O–H groups in total. The molecule has 0 unspecified atom stereocenters. The first-order valence-corrected chi connectivity index (χ1v) is 6.54. The van der Waals surface area contributed by atoms with Crippen LogP contribution in [0, 0.1) is 0 Å². The van der Waals surface area contributed by atoms with E-state index in [2.05, 4.69) is 10.1 Å². The van der Waals surface area contributed by atoms with Crippen LogP contribution in [0.5, 0.6) is 0 Å². The third-order valence-electron chi connectivity index (χ3n) is 2.57. The van der Waals surface area contributed by atoms with Crippen molar-refractivity contribution in [3.8, 4) is 0 Å². The number of benzene rings is 1. The number of aliphatic carboxylic acids is 1. The lowest BCUT2D eigenvalue weighted by atomic mass is 10.1. The van der Waals surface area contributed by atoms with Crippen molar-refractivity contribution in [2.75, 3.05) is 7.11 Å². The number of carbonyl (C=O) groups is 3. The number of alkyl carbamates (subject to hydrolysis) is 1. The standard InChI is InChI=1S/C15H19NO6/c1-15(2,3)22-14(20)16-11(12(17)18)9-5-7-10(8-6-9)13(19)21-4/h5-8,11H,1-4H3,(H,16,20)(H,17,18)/t11-/m1/s1. The summed E-state index contributed by atoms with van der Waals surface area (Å²) < 4.78 is 9.59. The predicted octanol–water partition coefficient (Wildman–Crippen LogP) is 2.12. The third kappa shape index (κ3) is 5.08. The molecule has 0 saturated heterocycles. The van der Waals surface area contributed by atoms with E-state index in [1.54, 1.807) is 20.8 Å². The summed E-state index contributed by atoms with van der Waals surface area (Å²) in [5.41, 5.74) is -0.138. The van der Waals surface area contributed by atoms with Crippen molar-refractivity contribution in [1.82, 2.24) is 5.32 Å². The zero-order valence-corrected chi connectivity index (χ0v) is 12.9. The van der Waals surface area contributed by atoms with E-state index < -0.39 is 29.7 Å². The largest absolute Gasteiger partial charge is 0.479 e. The zero-order chi connectivity index (χ0) is 16.9. The van der Waals surface area contributed by atoms with E-state index >= 15 is 0 Å². The Morgan fingerprint density at radius 2 is 1.68 bits per heavy atom. The molecule has 0 heterocycles. The Balaban J connectivity index is 2.90. The summed E-state index contributed by atoms with van der Waals surface area (Å²) in [7, 11) is 1.25. The Bertz CT molecular complexity index is 558. The second-order valence-electron chi connectivity index (χ2n) is 5.53. The quantitative estimate of drug-likeness (QED) is 0.826. The van der Waals surface area contributed by atoms with Gasteiger partial charge in [0, 0.05) is 0 Å². The molecule has 0 radical (unpaired) electrons. The fourth-order valence-electron chi connectivity index (χ4n) is 1.64. The minimum atomic E-state index is -1.28. The number of rotatable bonds is 4. The van der Waals surface area contributed by atoms with Crippen LogP contribution in [0.2, 0.25) is 0 Å². The lowest BCUT2D eigenvalue weighted by Crippen LogP contribution is -2.38. The summed E-state index contributed by atoms with van der Waals surface area (Å²) in [6.07, 6.45) is -0.836. The Hall–Kier alpha value is -2.57. The molecule has 0 aliphatic rings. The molecule has 1 aromatic carbocycles. The summed E-state index contributed by atoms with van der Waals surface area (Å²) in [5.74, 6) is -1.77. The van der Waals surface area contributed by atoms with Gasteiger partial charge in [-0.15, -0.1) is 0 Å². The number of ether oxygens (including phenoxy) is 2. The molecule has 0 spiro atoms. The fraction of sp³-hybridized carbons (Fsp3) is 0.400. The highest BCUT2D eigenvalue weighted by Gasteiger charge is 2.25. The maximum Gasteiger partial charge on any atom is 0.408 e. The molecule has 0 bridgehead atoms. The zero-order valence-electron chi connectivity index (χ0n) is 12.9. The molecule has 0 aromatic heterocycles. The number of carboxylic acids is 1. The van der Waals surface area contributed by atoms with Crippen molar-refractivity contribution < 1.29 is 29.0 Å². The number of carboxylic acid groups (broad SMARTS) is 1. The molecular formula is C15H19NO6. The van der Waals surface area contributed by atoms with Gasteiger partial charge < -0.3 is 19.9 Å². The van der Waals surface area contributed by atoms with Crippen LogP contribution in [-0.4, -0.2) is 35.8 Å². The average molecular weight is 309 g/mol. The summed E-state index contributed by atoms with van der Waals surface area (Å²) >= 11 is 0. The van der Waals surface area contributed by atoms with E-state index in [0.29, 0.717) is 5.56 Å². The lowest BCUT2D eigenvalue weighted by Gasteiger charge is -2.22. The minimum Gasteiger partial charge on any atom is -0.479 e. The summed E-state index contributed by atoms with van der Waals surface area (Å²) in [6.45, 7) is 5.02. The van der Waals surface area contributed by atoms with Crippen LogP contribution in [0.15, 0.2) is 24.3 Å². The van der Waals surface area contributed by atoms with Gasteiger partial charge in [0.25, 0.3) is 0 Å². The minimum absolute atomic E-state index is 0.285. The Labute approximate surface area is 128 Å². The van der Waals surface area contributed by atoms with Crippen LogP contribution in [0.4, 0.5) is 4.79 Å². The summed E-state index contributed by atoms with van der Waals surface area (Å²) in [4.78, 5) is 34.3. The molecule has 0 fully saturated rings. The predicted molar refractivity (Wildman–Crippen MR) is 77.5 cm³/mol. The van der Waals surface area contributed by atoms with E-state index in [1.165, 1.54) is 31.4 Å². The molecule has 1 rings (SSSR count). The summed E-state index contributed by atoms with van der Waals surface area (Å²) in [6, 6.07) is 4.44. The molecule has 1 atom stereocenters. The number of hydrogen-bond acceptors (Lipinski definition) is 5. The molecule has 0 saturated carbocycles. The van der Waals surface area contributed by atoms with Gasteiger partial charge in [-0.2, -0.15) is 0 Å². The second-order valence-corrected chi connectivity index (χ2v) is 5.53. The van der Waals surface area contributed by atoms with Crippen molar-refractivity contribution in [2.24, 2.45) is 0 Å². The Morgan fingerprint density at radius 1 is 1.14 bits per heavy atom. The first-order valence-electron chi connectivity index (χ1n) is 6.54. The van der Waals surface area contributed by atoms with Crippen molar-refractivity contribution in [2.45, 2.75) is 32.4 Å². The van der Waals surface area contributed by atoms with Crippen molar-refractivity contribution in [3.05, 3.63) is 35.4 Å². The van der Waals surface area contributed by atoms with E-state index in [9.17, 15) is 19.5 Å². The average Bonchev–Trinajstić information content (AvgIpc) is 2.42. The van der Waals surface area contributed by atoms with Gasteiger partial charge in [0.15, 0.2) is 6.04 Å². The topological polar surface area (TPSA) is 102 Å². The van der Waals surface area contributed by atoms with Gasteiger partial charge in [-0.1, -0.05) is 12.1 Å². The third-order valence-corrected chi connectivity index (χ3v) is 2.57. The summed E-state index contributed by atoms with van der Waals surface area (Å²) in [5, 5.41) is 11.5. The first kappa shape index (κ1) is 17.5. The molecule has 22 heavy (non-hydrogen) atoms. The Kier molecular flexibility index (Phi) is 5.50. The lowest BCUT2D eigenvalue weighted by molar-refractivity contribution is -0.139. The van der Waals surface area contributed by atoms with Gasteiger partial charge in [0.05, 0.1) is 12.7 Å². The van der Waals surface area contributed by atoms with E-state index in [1.807, 2.05) is 0 Å². The van der Waals surface area contributed by atoms with Crippen molar-refractivity contribution in [1.29, 1.82) is 0 Å². The highest BCUT2D eigenvalue weighted by atomic mass is 16.6. The molecule has 7 nitrogen and oxygen atoms in total. The van der Waals surface area contributed by atoms with Gasteiger partial charge in [-0.05, 0) is 38.5 Å². The highest BCUT2D eigenvalue weighted by molar-refractivity contribution is 5.89. The fourth-order valence-corrected chi connectivity index (χ4v) is 1.64. The molecule has 0 aliphatic carbocycles. The Morgan fingerprint density at radius 3 is 2.09 bits per heavy atom. The number of nitrogens with one attached hydrogen (secondary N) is 1. The van der Waals surface area contributed by atoms with Gasteiger partial charge in [-0.3, -0.25) is 0 Å². The molecule has 7 heteroatoms. The molecule has 1 amide bonds. The van der Waals surface area contributed by atoms with Crippen LogP contribution in [0.1, 0.15) is 42.7 Å². The van der Waals surface area contributed by atoms with Crippen molar-refractivity contribution >= 4 is 18.0 Å². The van der Waals surface area contributed by atoms with Crippen molar-refractivity contribution in [3.63, 3.8) is 0 Å². The normalized spacial score (nSPS) is 12.2. The number of hydrogen-bond donors (Lipinski definition) is 2. The molecule has 1 aromatic rings. The maximum atomic E-state index is 11.7. The SMILES string of the molecule is COC(=O)c1ccc([C@@H](NC(=O)OC(C)(C)C)C(=O)O)cc1. The van der Waals surface area contributed by atoms with Gasteiger partial charge >= 0.3 is 18.0 Å². The van der Waals surface area contributed by atoms with Crippen LogP contribution < -0.4 is 5.32 Å². The highest BCUT2D eigenvalue weighted by Crippen LogP contribution is 2.16. The number of carbonyl (C=O) groups excluding carboxylic acids is 2. The van der Waals surface area contributed by atoms with E-state index in [0.717, 1.165) is 0 Å². The number of esters is 1. The maximum absolute atomic E-state index is 11.7. The van der Waals surface area contributed by atoms with Gasteiger partial charge in [0.2, 0.25) is 0 Å². The van der Waals surface area contributed by atoms with Crippen LogP contribution >= 0.6 is 0 Å². The van der Waals surface area contributed by atoms with Crippen LogP contribution in [0.3, 0.4) is 0 Å². The van der Waals surface area contributed by atoms with Gasteiger partial charge in [0.1, 0.15) is 5.60 Å². The molecular weight excluding hydrogens is 290 g/mol. The molecule has 0 aliphatic heterocycles. The molecule has 120 valence electrons. The van der Waals surface area contributed by atoms with Gasteiger partial charge in [-0.25, -0.2) is 14.4 Å². The number of methoxy groups -OCH3 is 1. The van der Waals surface area contributed by atoms with Crippen LogP contribution in [0.25, 0.3) is 0 Å². The second kappa shape index (κ2) is 6.93. The van der Waals surface area contributed by atoms with E-state index in [4.69, 9.17) is 4.74 Å².